The van der Waals surface area contributed by atoms with Crippen molar-refractivity contribution in [3.05, 3.63) is 77.1 Å². The molecule has 5 heteroatoms. The number of benzene rings is 2. The molecule has 0 aliphatic heterocycles. The van der Waals surface area contributed by atoms with Crippen LogP contribution in [-0.2, 0) is 11.2 Å². The number of amides is 1. The van der Waals surface area contributed by atoms with Crippen LogP contribution in [0, 0.1) is 13.8 Å². The number of carbonyl (C=O) groups excluding carboxylic acids is 1. The number of hydrogen-bond donors (Lipinski definition) is 2. The Morgan fingerprint density at radius 2 is 1.85 bits per heavy atom. The van der Waals surface area contributed by atoms with E-state index in [1.807, 2.05) is 61.9 Å². The van der Waals surface area contributed by atoms with E-state index in [-0.39, 0.29) is 24.1 Å². The molecule has 0 radical (unpaired) electrons. The van der Waals surface area contributed by atoms with Gasteiger partial charge in [0.1, 0.15) is 5.75 Å². The molecule has 0 fully saturated rings. The molecule has 134 valence electrons. The number of nitrogens with one attached hydrogen (secondary N) is 1. The summed E-state index contributed by atoms with van der Waals surface area (Å²) in [6.45, 7) is 5.94. The molecule has 0 aliphatic carbocycles. The SMILES string of the molecule is Cc1cc(C)n(-c2ccc([C@H](C)NC(=O)Cc3ccccc3O)cc2)n1. The number of nitrogens with zero attached hydrogens (tertiary/aromatic N) is 2. The first-order valence-electron chi connectivity index (χ1n) is 8.64. The van der Waals surface area contributed by atoms with Gasteiger partial charge in [-0.15, -0.1) is 0 Å². The number of rotatable bonds is 5. The zero-order valence-electron chi connectivity index (χ0n) is 15.2. The Morgan fingerprint density at radius 3 is 2.46 bits per heavy atom. The lowest BCUT2D eigenvalue weighted by Crippen LogP contribution is -2.28. The lowest BCUT2D eigenvalue weighted by atomic mass is 10.1. The molecule has 1 heterocycles. The first-order valence-corrected chi connectivity index (χ1v) is 8.64. The maximum absolute atomic E-state index is 12.2. The number of aromatic nitrogens is 2. The van der Waals surface area contributed by atoms with E-state index in [1.165, 1.54) is 0 Å². The van der Waals surface area contributed by atoms with Crippen molar-refractivity contribution < 1.29 is 9.90 Å². The normalized spacial score (nSPS) is 12.0. The number of aromatic hydroxyl groups is 1. The minimum Gasteiger partial charge on any atom is -0.508 e. The van der Waals surface area contributed by atoms with Gasteiger partial charge in [-0.05, 0) is 50.6 Å². The van der Waals surface area contributed by atoms with Gasteiger partial charge in [-0.1, -0.05) is 30.3 Å². The molecular weight excluding hydrogens is 326 g/mol. The van der Waals surface area contributed by atoms with Gasteiger partial charge in [0.25, 0.3) is 0 Å². The Balaban J connectivity index is 1.66. The average molecular weight is 349 g/mol. The highest BCUT2D eigenvalue weighted by Crippen LogP contribution is 2.19. The maximum Gasteiger partial charge on any atom is 0.225 e. The van der Waals surface area contributed by atoms with Crippen LogP contribution in [0.1, 0.15) is 35.5 Å². The Bertz CT molecular complexity index is 913. The molecule has 5 nitrogen and oxygen atoms in total. The van der Waals surface area contributed by atoms with E-state index in [4.69, 9.17) is 0 Å². The third-order valence-corrected chi connectivity index (χ3v) is 4.37. The number of phenols is 1. The fraction of sp³-hybridized carbons (Fsp3) is 0.238. The Labute approximate surface area is 153 Å². The molecule has 2 aromatic carbocycles. The van der Waals surface area contributed by atoms with Crippen LogP contribution in [0.5, 0.6) is 5.75 Å². The third-order valence-electron chi connectivity index (χ3n) is 4.37. The van der Waals surface area contributed by atoms with E-state index in [9.17, 15) is 9.90 Å². The lowest BCUT2D eigenvalue weighted by molar-refractivity contribution is -0.121. The molecule has 1 atom stereocenters. The van der Waals surface area contributed by atoms with Gasteiger partial charge in [0, 0.05) is 11.3 Å². The van der Waals surface area contributed by atoms with Crippen molar-refractivity contribution in [2.45, 2.75) is 33.2 Å². The quantitative estimate of drug-likeness (QED) is 0.739. The zero-order valence-corrected chi connectivity index (χ0v) is 15.2. The smallest absolute Gasteiger partial charge is 0.225 e. The van der Waals surface area contributed by atoms with Gasteiger partial charge in [-0.25, -0.2) is 4.68 Å². The molecular formula is C21H23N3O2. The fourth-order valence-corrected chi connectivity index (χ4v) is 3.00. The highest BCUT2D eigenvalue weighted by Gasteiger charge is 2.12. The van der Waals surface area contributed by atoms with E-state index in [1.54, 1.807) is 18.2 Å². The minimum absolute atomic E-state index is 0.122. The van der Waals surface area contributed by atoms with Crippen LogP contribution in [-0.4, -0.2) is 20.8 Å². The summed E-state index contributed by atoms with van der Waals surface area (Å²) in [5, 5.41) is 17.2. The zero-order chi connectivity index (χ0) is 18.7. The van der Waals surface area contributed by atoms with E-state index in [0.717, 1.165) is 22.6 Å². The van der Waals surface area contributed by atoms with Gasteiger partial charge in [0.15, 0.2) is 0 Å². The van der Waals surface area contributed by atoms with E-state index in [2.05, 4.69) is 10.4 Å². The minimum atomic E-state index is -0.123. The second-order valence-electron chi connectivity index (χ2n) is 6.53. The van der Waals surface area contributed by atoms with Gasteiger partial charge in [-0.3, -0.25) is 4.79 Å². The second-order valence-corrected chi connectivity index (χ2v) is 6.53. The topological polar surface area (TPSA) is 67.2 Å². The van der Waals surface area contributed by atoms with Crippen molar-refractivity contribution in [1.29, 1.82) is 0 Å². The number of phenolic OH excluding ortho intramolecular Hbond substituents is 1. The number of aryl methyl sites for hydroxylation is 2. The molecule has 0 aliphatic rings. The molecule has 0 saturated heterocycles. The maximum atomic E-state index is 12.2. The monoisotopic (exact) mass is 349 g/mol. The molecule has 26 heavy (non-hydrogen) atoms. The first-order chi connectivity index (χ1) is 12.4. The first kappa shape index (κ1) is 17.7. The molecule has 0 unspecified atom stereocenters. The van der Waals surface area contributed by atoms with Crippen LogP contribution < -0.4 is 5.32 Å². The van der Waals surface area contributed by atoms with Crippen LogP contribution in [0.15, 0.2) is 54.6 Å². The standard InChI is InChI=1S/C21H23N3O2/c1-14-12-15(2)24(23-14)19-10-8-17(9-11-19)16(3)22-21(26)13-18-6-4-5-7-20(18)25/h4-12,16,25H,13H2,1-3H3,(H,22,26)/t16-/m0/s1. The predicted molar refractivity (Wildman–Crippen MR) is 101 cm³/mol. The largest absolute Gasteiger partial charge is 0.508 e. The van der Waals surface area contributed by atoms with Crippen molar-refractivity contribution in [1.82, 2.24) is 15.1 Å². The Morgan fingerprint density at radius 1 is 1.15 bits per heavy atom. The summed E-state index contributed by atoms with van der Waals surface area (Å²) in [7, 11) is 0. The summed E-state index contributed by atoms with van der Waals surface area (Å²) in [6, 6.07) is 16.8. The summed E-state index contributed by atoms with van der Waals surface area (Å²) < 4.78 is 1.90. The molecule has 0 saturated carbocycles. The van der Waals surface area contributed by atoms with Crippen LogP contribution in [0.4, 0.5) is 0 Å². The number of carbonyl (C=O) groups is 1. The number of hydrogen-bond acceptors (Lipinski definition) is 3. The predicted octanol–water partition coefficient (Wildman–Crippen LogP) is 3.61. The van der Waals surface area contributed by atoms with Crippen molar-refractivity contribution in [3.63, 3.8) is 0 Å². The van der Waals surface area contributed by atoms with E-state index < -0.39 is 0 Å². The van der Waals surface area contributed by atoms with Gasteiger partial charge < -0.3 is 10.4 Å². The molecule has 3 aromatic rings. The van der Waals surface area contributed by atoms with Crippen molar-refractivity contribution in [2.24, 2.45) is 0 Å². The van der Waals surface area contributed by atoms with Gasteiger partial charge in [0.2, 0.25) is 5.91 Å². The number of para-hydroxylation sites is 1. The molecule has 1 amide bonds. The summed E-state index contributed by atoms with van der Waals surface area (Å²) >= 11 is 0. The lowest BCUT2D eigenvalue weighted by Gasteiger charge is -2.15. The van der Waals surface area contributed by atoms with Crippen LogP contribution in [0.3, 0.4) is 0 Å². The highest BCUT2D eigenvalue weighted by molar-refractivity contribution is 5.79. The molecule has 3 rings (SSSR count). The van der Waals surface area contributed by atoms with Gasteiger partial charge >= 0.3 is 0 Å². The Kier molecular flexibility index (Phi) is 5.07. The van der Waals surface area contributed by atoms with Crippen LogP contribution in [0.2, 0.25) is 0 Å². The third kappa shape index (κ3) is 3.94. The van der Waals surface area contributed by atoms with Gasteiger partial charge in [0.05, 0.1) is 23.8 Å². The summed E-state index contributed by atoms with van der Waals surface area (Å²) in [4.78, 5) is 12.2. The molecule has 0 bridgehead atoms. The fourth-order valence-electron chi connectivity index (χ4n) is 3.00. The van der Waals surface area contributed by atoms with Gasteiger partial charge in [-0.2, -0.15) is 5.10 Å². The summed E-state index contributed by atoms with van der Waals surface area (Å²) in [5.74, 6) is 0.0196. The van der Waals surface area contributed by atoms with E-state index in [0.29, 0.717) is 5.56 Å². The van der Waals surface area contributed by atoms with Crippen molar-refractivity contribution in [3.8, 4) is 11.4 Å². The van der Waals surface area contributed by atoms with Crippen molar-refractivity contribution in [2.75, 3.05) is 0 Å². The second kappa shape index (κ2) is 7.44. The summed E-state index contributed by atoms with van der Waals surface area (Å²) in [5.41, 5.74) is 4.70. The molecule has 0 spiro atoms. The highest BCUT2D eigenvalue weighted by atomic mass is 16.3. The average Bonchev–Trinajstić information content (AvgIpc) is 2.95. The van der Waals surface area contributed by atoms with Crippen LogP contribution >= 0.6 is 0 Å². The Hall–Kier alpha value is -3.08. The van der Waals surface area contributed by atoms with E-state index >= 15 is 0 Å². The molecule has 1 aromatic heterocycles. The summed E-state index contributed by atoms with van der Waals surface area (Å²) in [6.07, 6.45) is 0.154. The molecule has 2 N–H and O–H groups in total. The van der Waals surface area contributed by atoms with Crippen molar-refractivity contribution >= 4 is 5.91 Å². The van der Waals surface area contributed by atoms with Crippen LogP contribution in [0.25, 0.3) is 5.69 Å².